The largest absolute Gasteiger partial charge is 0.353 e. The second-order valence-corrected chi connectivity index (χ2v) is 4.36. The van der Waals surface area contributed by atoms with Crippen LogP contribution in [0.3, 0.4) is 0 Å². The zero-order valence-electron chi connectivity index (χ0n) is 10.5. The molecule has 102 valence electrons. The lowest BCUT2D eigenvalue weighted by Gasteiger charge is -2.36. The molecule has 1 N–H and O–H groups in total. The zero-order valence-corrected chi connectivity index (χ0v) is 10.5. The number of nitrogens with one attached hydrogen (secondary N) is 1. The molecule has 0 spiro atoms. The van der Waals surface area contributed by atoms with Gasteiger partial charge in [0.15, 0.2) is 0 Å². The Labute approximate surface area is 109 Å². The SMILES string of the molecule is CCC1C(=O)NCCN1c1c(F)cc(C=O)cc1F. The average Bonchev–Trinajstić information content (AvgIpc) is 2.38. The first-order valence-corrected chi connectivity index (χ1v) is 6.07. The van der Waals surface area contributed by atoms with Crippen molar-refractivity contribution in [3.63, 3.8) is 0 Å². The van der Waals surface area contributed by atoms with Crippen LogP contribution in [0.2, 0.25) is 0 Å². The minimum Gasteiger partial charge on any atom is -0.353 e. The second kappa shape index (κ2) is 5.34. The first-order valence-electron chi connectivity index (χ1n) is 6.07. The number of benzene rings is 1. The van der Waals surface area contributed by atoms with E-state index >= 15 is 0 Å². The van der Waals surface area contributed by atoms with E-state index in [0.717, 1.165) is 12.1 Å². The molecule has 1 aromatic carbocycles. The number of carbonyl (C=O) groups excluding carboxylic acids is 2. The summed E-state index contributed by atoms with van der Waals surface area (Å²) in [7, 11) is 0. The first kappa shape index (κ1) is 13.5. The molecule has 1 unspecified atom stereocenters. The molecule has 1 saturated heterocycles. The third-order valence-electron chi connectivity index (χ3n) is 3.18. The van der Waals surface area contributed by atoms with Crippen molar-refractivity contribution in [2.75, 3.05) is 18.0 Å². The van der Waals surface area contributed by atoms with Crippen LogP contribution in [0.4, 0.5) is 14.5 Å². The van der Waals surface area contributed by atoms with Crippen LogP contribution in [0.1, 0.15) is 23.7 Å². The van der Waals surface area contributed by atoms with Crippen LogP contribution in [0, 0.1) is 11.6 Å². The third kappa shape index (κ3) is 2.43. The molecule has 0 radical (unpaired) electrons. The molecule has 4 nitrogen and oxygen atoms in total. The Balaban J connectivity index is 2.45. The predicted octanol–water partition coefficient (Wildman–Crippen LogP) is 1.49. The van der Waals surface area contributed by atoms with E-state index in [9.17, 15) is 18.4 Å². The Morgan fingerprint density at radius 2 is 2.05 bits per heavy atom. The summed E-state index contributed by atoms with van der Waals surface area (Å²) in [5.41, 5.74) is -0.305. The standard InChI is InChI=1S/C13H14F2N2O2/c1-2-11-13(19)16-3-4-17(11)12-9(14)5-8(7-18)6-10(12)15/h5-7,11H,2-4H2,1H3,(H,16,19). The van der Waals surface area contributed by atoms with Crippen LogP contribution >= 0.6 is 0 Å². The molecule has 2 rings (SSSR count). The lowest BCUT2D eigenvalue weighted by Crippen LogP contribution is -2.55. The lowest BCUT2D eigenvalue weighted by molar-refractivity contribution is -0.123. The van der Waals surface area contributed by atoms with E-state index in [-0.39, 0.29) is 17.2 Å². The highest BCUT2D eigenvalue weighted by Gasteiger charge is 2.31. The van der Waals surface area contributed by atoms with Gasteiger partial charge in [0.05, 0.1) is 0 Å². The van der Waals surface area contributed by atoms with Gasteiger partial charge in [-0.3, -0.25) is 9.59 Å². The van der Waals surface area contributed by atoms with Gasteiger partial charge >= 0.3 is 0 Å². The van der Waals surface area contributed by atoms with Crippen LogP contribution in [-0.4, -0.2) is 31.3 Å². The number of rotatable bonds is 3. The summed E-state index contributed by atoms with van der Waals surface area (Å²) in [6.07, 6.45) is 0.830. The summed E-state index contributed by atoms with van der Waals surface area (Å²) in [4.78, 5) is 23.7. The van der Waals surface area contributed by atoms with Crippen molar-refractivity contribution in [3.05, 3.63) is 29.3 Å². The Hall–Kier alpha value is -1.98. The van der Waals surface area contributed by atoms with E-state index in [1.54, 1.807) is 6.92 Å². The average molecular weight is 268 g/mol. The number of aldehydes is 1. The van der Waals surface area contributed by atoms with Gasteiger partial charge in [-0.2, -0.15) is 0 Å². The van der Waals surface area contributed by atoms with E-state index in [4.69, 9.17) is 0 Å². The fourth-order valence-electron chi connectivity index (χ4n) is 2.32. The van der Waals surface area contributed by atoms with Gasteiger partial charge in [0.2, 0.25) is 5.91 Å². The molecule has 1 amide bonds. The van der Waals surface area contributed by atoms with Crippen LogP contribution in [-0.2, 0) is 4.79 Å². The van der Waals surface area contributed by atoms with Gasteiger partial charge in [-0.1, -0.05) is 6.92 Å². The number of halogens is 2. The van der Waals surface area contributed by atoms with Crippen LogP contribution in [0.5, 0.6) is 0 Å². The van der Waals surface area contributed by atoms with Gasteiger partial charge in [0.1, 0.15) is 29.6 Å². The summed E-state index contributed by atoms with van der Waals surface area (Å²) in [5.74, 6) is -1.89. The van der Waals surface area contributed by atoms with Gasteiger partial charge in [0, 0.05) is 18.7 Å². The number of piperazine rings is 1. The lowest BCUT2D eigenvalue weighted by atomic mass is 10.1. The quantitative estimate of drug-likeness (QED) is 0.845. The van der Waals surface area contributed by atoms with Crippen molar-refractivity contribution in [3.8, 4) is 0 Å². The Bertz CT molecular complexity index is 496. The molecule has 1 fully saturated rings. The normalized spacial score (nSPS) is 19.2. The topological polar surface area (TPSA) is 49.4 Å². The van der Waals surface area contributed by atoms with E-state index in [1.807, 2.05) is 0 Å². The van der Waals surface area contributed by atoms with E-state index in [1.165, 1.54) is 4.90 Å². The molecule has 1 atom stereocenters. The maximum atomic E-state index is 13.9. The number of carbonyl (C=O) groups is 2. The van der Waals surface area contributed by atoms with Crippen molar-refractivity contribution in [1.82, 2.24) is 5.32 Å². The predicted molar refractivity (Wildman–Crippen MR) is 66.2 cm³/mol. The highest BCUT2D eigenvalue weighted by Crippen LogP contribution is 2.28. The number of amides is 1. The first-order chi connectivity index (χ1) is 9.08. The van der Waals surface area contributed by atoms with Crippen molar-refractivity contribution in [1.29, 1.82) is 0 Å². The maximum Gasteiger partial charge on any atom is 0.242 e. The molecule has 0 saturated carbocycles. The summed E-state index contributed by atoms with van der Waals surface area (Å²) in [6, 6.07) is 1.36. The minimum atomic E-state index is -0.824. The summed E-state index contributed by atoms with van der Waals surface area (Å²) < 4.78 is 27.9. The van der Waals surface area contributed by atoms with Crippen molar-refractivity contribution >= 4 is 17.9 Å². The maximum absolute atomic E-state index is 13.9. The van der Waals surface area contributed by atoms with Crippen molar-refractivity contribution < 1.29 is 18.4 Å². The van der Waals surface area contributed by atoms with Crippen molar-refractivity contribution in [2.45, 2.75) is 19.4 Å². The van der Waals surface area contributed by atoms with Crippen LogP contribution in [0.15, 0.2) is 12.1 Å². The third-order valence-corrected chi connectivity index (χ3v) is 3.18. The summed E-state index contributed by atoms with van der Waals surface area (Å²) >= 11 is 0. The molecule has 0 bridgehead atoms. The monoisotopic (exact) mass is 268 g/mol. The van der Waals surface area contributed by atoms with Gasteiger partial charge in [-0.25, -0.2) is 8.78 Å². The van der Waals surface area contributed by atoms with Crippen LogP contribution < -0.4 is 10.2 Å². The molecule has 1 aliphatic rings. The number of nitrogens with zero attached hydrogens (tertiary/aromatic N) is 1. The Morgan fingerprint density at radius 3 is 2.58 bits per heavy atom. The fourth-order valence-corrected chi connectivity index (χ4v) is 2.32. The Morgan fingerprint density at radius 1 is 1.42 bits per heavy atom. The molecule has 0 aliphatic carbocycles. The highest BCUT2D eigenvalue weighted by molar-refractivity contribution is 5.87. The molecule has 1 aliphatic heterocycles. The molecular formula is C13H14F2N2O2. The fraction of sp³-hybridized carbons (Fsp3) is 0.385. The Kier molecular flexibility index (Phi) is 3.78. The zero-order chi connectivity index (χ0) is 14.0. The molecule has 19 heavy (non-hydrogen) atoms. The van der Waals surface area contributed by atoms with Gasteiger partial charge in [0.25, 0.3) is 0 Å². The summed E-state index contributed by atoms with van der Waals surface area (Å²) in [6.45, 7) is 2.44. The van der Waals surface area contributed by atoms with E-state index < -0.39 is 17.7 Å². The molecule has 6 heteroatoms. The van der Waals surface area contributed by atoms with Crippen molar-refractivity contribution in [2.24, 2.45) is 0 Å². The molecule has 1 heterocycles. The highest BCUT2D eigenvalue weighted by atomic mass is 19.1. The molecule has 1 aromatic rings. The minimum absolute atomic E-state index is 0.0618. The second-order valence-electron chi connectivity index (χ2n) is 4.36. The van der Waals surface area contributed by atoms with Gasteiger partial charge in [-0.05, 0) is 18.6 Å². The summed E-state index contributed by atoms with van der Waals surface area (Å²) in [5, 5.41) is 2.66. The number of hydrogen-bond acceptors (Lipinski definition) is 3. The number of anilines is 1. The van der Waals surface area contributed by atoms with Crippen LogP contribution in [0.25, 0.3) is 0 Å². The molecule has 0 aromatic heterocycles. The number of hydrogen-bond donors (Lipinski definition) is 1. The van der Waals surface area contributed by atoms with Gasteiger partial charge in [-0.15, -0.1) is 0 Å². The molecular weight excluding hydrogens is 254 g/mol. The smallest absolute Gasteiger partial charge is 0.242 e. The van der Waals surface area contributed by atoms with E-state index in [2.05, 4.69) is 5.32 Å². The van der Waals surface area contributed by atoms with Gasteiger partial charge < -0.3 is 10.2 Å². The van der Waals surface area contributed by atoms with E-state index in [0.29, 0.717) is 25.8 Å².